The second-order valence-corrected chi connectivity index (χ2v) is 5.18. The van der Waals surface area contributed by atoms with Gasteiger partial charge in [-0.25, -0.2) is 8.42 Å². The largest absolute Gasteiger partial charge is 0.573 e. The van der Waals surface area contributed by atoms with Crippen molar-refractivity contribution in [1.82, 2.24) is 0 Å². The minimum absolute atomic E-state index is 0.181. The third-order valence-corrected chi connectivity index (χ3v) is 3.66. The Hall–Kier alpha value is -2.01. The number of benzene rings is 2. The summed E-state index contributed by atoms with van der Waals surface area (Å²) >= 11 is 0. The van der Waals surface area contributed by atoms with Crippen LogP contribution in [0.5, 0.6) is 5.75 Å². The summed E-state index contributed by atoms with van der Waals surface area (Å²) in [5.74, 6) is 0.658. The van der Waals surface area contributed by atoms with E-state index in [0.717, 1.165) is 0 Å². The van der Waals surface area contributed by atoms with Crippen LogP contribution in [0.15, 0.2) is 59.5 Å². The van der Waals surface area contributed by atoms with Crippen LogP contribution in [0.2, 0.25) is 0 Å². The van der Waals surface area contributed by atoms with Gasteiger partial charge in [0, 0.05) is 0 Å². The number of nitrogens with zero attached hydrogens (tertiary/aromatic N) is 1. The number of methoxy groups -OCH3 is 1. The number of hydrogen-bond donors (Lipinski definition) is 0. The van der Waals surface area contributed by atoms with Crippen molar-refractivity contribution in [2.45, 2.75) is 4.90 Å². The van der Waals surface area contributed by atoms with Gasteiger partial charge in [-0.2, -0.15) is 0 Å². The third kappa shape index (κ3) is 2.81. The van der Waals surface area contributed by atoms with Gasteiger partial charge < -0.3 is 9.46 Å². The lowest BCUT2D eigenvalue weighted by atomic mass is 10.3. The molecular weight excluding hydrogens is 250 g/mol. The molecule has 0 radical (unpaired) electrons. The van der Waals surface area contributed by atoms with Gasteiger partial charge in [-0.1, -0.05) is 30.3 Å². The van der Waals surface area contributed by atoms with Crippen molar-refractivity contribution in [1.29, 1.82) is 0 Å². The van der Waals surface area contributed by atoms with Gasteiger partial charge in [0.2, 0.25) is 0 Å². The quantitative estimate of drug-likeness (QED) is 0.850. The SMILES string of the molecule is COc1ccc([N-]S(=O)(=O)c2ccccc2)cc1. The molecule has 0 fully saturated rings. The van der Waals surface area contributed by atoms with Gasteiger partial charge in [0.05, 0.1) is 12.0 Å². The van der Waals surface area contributed by atoms with Crippen molar-refractivity contribution in [3.63, 3.8) is 0 Å². The van der Waals surface area contributed by atoms with Crippen LogP contribution in [0.4, 0.5) is 5.69 Å². The van der Waals surface area contributed by atoms with Crippen molar-refractivity contribution >= 4 is 15.7 Å². The van der Waals surface area contributed by atoms with Gasteiger partial charge in [-0.05, 0) is 24.3 Å². The van der Waals surface area contributed by atoms with Crippen molar-refractivity contribution in [2.75, 3.05) is 7.11 Å². The van der Waals surface area contributed by atoms with E-state index < -0.39 is 10.0 Å². The Morgan fingerprint density at radius 1 is 0.944 bits per heavy atom. The van der Waals surface area contributed by atoms with Crippen molar-refractivity contribution < 1.29 is 13.2 Å². The average Bonchev–Trinajstić information content (AvgIpc) is 2.40. The Morgan fingerprint density at radius 2 is 1.56 bits per heavy atom. The first kappa shape index (κ1) is 12.4. The van der Waals surface area contributed by atoms with Gasteiger partial charge in [-0.15, -0.1) is 5.69 Å². The van der Waals surface area contributed by atoms with Gasteiger partial charge in [0.1, 0.15) is 15.8 Å². The lowest BCUT2D eigenvalue weighted by Crippen LogP contribution is -1.96. The van der Waals surface area contributed by atoms with Crippen molar-refractivity contribution in [3.05, 3.63) is 59.3 Å². The molecule has 0 aliphatic heterocycles. The Morgan fingerprint density at radius 3 is 2.11 bits per heavy atom. The van der Waals surface area contributed by atoms with Crippen LogP contribution in [0, 0.1) is 0 Å². The number of sulfonamides is 1. The van der Waals surface area contributed by atoms with Crippen LogP contribution in [-0.2, 0) is 10.0 Å². The zero-order chi connectivity index (χ0) is 13.0. The first-order chi connectivity index (χ1) is 8.62. The molecule has 0 aromatic heterocycles. The lowest BCUT2D eigenvalue weighted by Gasteiger charge is -2.21. The van der Waals surface area contributed by atoms with Gasteiger partial charge in [0.25, 0.3) is 0 Å². The van der Waals surface area contributed by atoms with Gasteiger partial charge >= 0.3 is 0 Å². The van der Waals surface area contributed by atoms with E-state index in [9.17, 15) is 8.42 Å². The molecule has 2 aromatic rings. The summed E-state index contributed by atoms with van der Waals surface area (Å²) in [5.41, 5.74) is 0.375. The summed E-state index contributed by atoms with van der Waals surface area (Å²) in [6.07, 6.45) is 0. The molecule has 0 heterocycles. The highest BCUT2D eigenvalue weighted by Crippen LogP contribution is 2.28. The first-order valence-corrected chi connectivity index (χ1v) is 6.73. The molecule has 0 bridgehead atoms. The van der Waals surface area contributed by atoms with E-state index in [4.69, 9.17) is 4.74 Å². The standard InChI is InChI=1S/C13H12NO3S/c1-17-12-9-7-11(8-10-12)14-18(15,16)13-5-3-2-4-6-13/h2-10H,1H3/q-1. The van der Waals surface area contributed by atoms with E-state index >= 15 is 0 Å². The zero-order valence-corrected chi connectivity index (χ0v) is 10.6. The Kier molecular flexibility index (Phi) is 3.53. The molecule has 0 saturated carbocycles. The van der Waals surface area contributed by atoms with Crippen LogP contribution >= 0.6 is 0 Å². The van der Waals surface area contributed by atoms with E-state index in [-0.39, 0.29) is 4.90 Å². The Balaban J connectivity index is 2.22. The zero-order valence-electron chi connectivity index (χ0n) is 9.78. The molecule has 4 nitrogen and oxygen atoms in total. The topological polar surface area (TPSA) is 57.5 Å². The monoisotopic (exact) mass is 262 g/mol. The second kappa shape index (κ2) is 5.10. The molecule has 2 rings (SSSR count). The summed E-state index contributed by atoms with van der Waals surface area (Å²) in [4.78, 5) is 0.181. The first-order valence-electron chi connectivity index (χ1n) is 5.29. The molecule has 0 saturated heterocycles. The van der Waals surface area contributed by atoms with Crippen LogP contribution < -0.4 is 4.74 Å². The fourth-order valence-electron chi connectivity index (χ4n) is 1.43. The van der Waals surface area contributed by atoms with Crippen LogP contribution in [0.3, 0.4) is 0 Å². The molecule has 94 valence electrons. The normalized spacial score (nSPS) is 10.9. The summed E-state index contributed by atoms with van der Waals surface area (Å²) in [7, 11) is -2.10. The lowest BCUT2D eigenvalue weighted by molar-refractivity contribution is 0.415. The minimum Gasteiger partial charge on any atom is -0.573 e. The summed E-state index contributed by atoms with van der Waals surface area (Å²) < 4.78 is 32.7. The highest BCUT2D eigenvalue weighted by atomic mass is 32.2. The molecule has 0 unspecified atom stereocenters. The summed E-state index contributed by atoms with van der Waals surface area (Å²) in [6.45, 7) is 0. The van der Waals surface area contributed by atoms with E-state index in [2.05, 4.69) is 4.72 Å². The Labute approximate surface area is 106 Å². The van der Waals surface area contributed by atoms with E-state index in [1.54, 1.807) is 49.6 Å². The molecule has 0 aliphatic rings. The predicted octanol–water partition coefficient (Wildman–Crippen LogP) is 3.09. The number of hydrogen-bond acceptors (Lipinski definition) is 3. The molecule has 0 N–H and O–H groups in total. The minimum atomic E-state index is -3.65. The molecular formula is C13H12NO3S-. The summed E-state index contributed by atoms with van der Waals surface area (Å²) in [5, 5.41) is 0. The smallest absolute Gasteiger partial charge is 0.123 e. The average molecular weight is 262 g/mol. The van der Waals surface area contributed by atoms with Crippen LogP contribution in [0.1, 0.15) is 0 Å². The molecule has 0 spiro atoms. The number of rotatable bonds is 4. The van der Waals surface area contributed by atoms with Gasteiger partial charge in [0.15, 0.2) is 0 Å². The maximum atomic E-state index is 12.0. The predicted molar refractivity (Wildman–Crippen MR) is 69.6 cm³/mol. The molecule has 5 heteroatoms. The second-order valence-electron chi connectivity index (χ2n) is 3.58. The molecule has 0 atom stereocenters. The van der Waals surface area contributed by atoms with E-state index in [0.29, 0.717) is 11.4 Å². The highest BCUT2D eigenvalue weighted by Gasteiger charge is 2.02. The van der Waals surface area contributed by atoms with Crippen molar-refractivity contribution in [3.8, 4) is 5.75 Å². The summed E-state index contributed by atoms with van der Waals surface area (Å²) in [6, 6.07) is 14.6. The van der Waals surface area contributed by atoms with E-state index in [1.165, 1.54) is 12.1 Å². The highest BCUT2D eigenvalue weighted by molar-refractivity contribution is 7.94. The van der Waals surface area contributed by atoms with Crippen LogP contribution in [-0.4, -0.2) is 15.5 Å². The molecule has 0 amide bonds. The molecule has 2 aromatic carbocycles. The Bertz CT molecular complexity index is 606. The third-order valence-electron chi connectivity index (χ3n) is 2.34. The maximum absolute atomic E-state index is 12.0. The fourth-order valence-corrected chi connectivity index (χ4v) is 2.43. The fraction of sp³-hybridized carbons (Fsp3) is 0.0769. The van der Waals surface area contributed by atoms with Crippen LogP contribution in [0.25, 0.3) is 4.72 Å². The molecule has 0 aliphatic carbocycles. The number of ether oxygens (including phenoxy) is 1. The van der Waals surface area contributed by atoms with E-state index in [1.807, 2.05) is 0 Å². The maximum Gasteiger partial charge on any atom is 0.123 e. The van der Waals surface area contributed by atoms with Crippen molar-refractivity contribution in [2.24, 2.45) is 0 Å². The molecule has 18 heavy (non-hydrogen) atoms. The van der Waals surface area contributed by atoms with Gasteiger partial charge in [-0.3, -0.25) is 0 Å².